The van der Waals surface area contributed by atoms with Crippen molar-refractivity contribution < 1.29 is 9.53 Å². The van der Waals surface area contributed by atoms with Crippen molar-refractivity contribution in [2.75, 3.05) is 13.7 Å². The van der Waals surface area contributed by atoms with Gasteiger partial charge in [0, 0.05) is 5.69 Å². The van der Waals surface area contributed by atoms with Gasteiger partial charge >= 0.3 is 5.97 Å². The van der Waals surface area contributed by atoms with Crippen molar-refractivity contribution in [3.8, 4) is 0 Å². The molecule has 1 unspecified atom stereocenters. The van der Waals surface area contributed by atoms with Gasteiger partial charge in [-0.2, -0.15) is 5.10 Å². The van der Waals surface area contributed by atoms with Gasteiger partial charge in [-0.1, -0.05) is 20.8 Å². The number of aryl methyl sites for hydroxylation is 2. The number of rotatable bonds is 7. The maximum Gasteiger partial charge on any atom is 0.327 e. The molecule has 0 aliphatic rings. The lowest BCUT2D eigenvalue weighted by atomic mass is 10.0. The quantitative estimate of drug-likeness (QED) is 0.762. The van der Waals surface area contributed by atoms with Gasteiger partial charge in [0.25, 0.3) is 0 Å². The van der Waals surface area contributed by atoms with Crippen LogP contribution in [0.3, 0.4) is 0 Å². The van der Waals surface area contributed by atoms with E-state index in [0.29, 0.717) is 13.1 Å². The molecule has 0 radical (unpaired) electrons. The maximum atomic E-state index is 12.0. The second-order valence-electron chi connectivity index (χ2n) is 4.85. The molecule has 0 aliphatic carbocycles. The zero-order chi connectivity index (χ0) is 14.5. The molecule has 19 heavy (non-hydrogen) atoms. The Balaban J connectivity index is 3.02. The summed E-state index contributed by atoms with van der Waals surface area (Å²) >= 11 is 0. The summed E-state index contributed by atoms with van der Waals surface area (Å²) < 4.78 is 6.82. The van der Waals surface area contributed by atoms with Crippen LogP contribution in [-0.2, 0) is 28.9 Å². The number of nitrogens with one attached hydrogen (secondary N) is 1. The van der Waals surface area contributed by atoms with Gasteiger partial charge in [-0.25, -0.2) is 4.79 Å². The van der Waals surface area contributed by atoms with Crippen LogP contribution in [-0.4, -0.2) is 34.9 Å². The summed E-state index contributed by atoms with van der Waals surface area (Å²) in [5, 5.41) is 7.75. The Morgan fingerprint density at radius 2 is 2.11 bits per heavy atom. The van der Waals surface area contributed by atoms with Gasteiger partial charge in [0.2, 0.25) is 0 Å². The summed E-state index contributed by atoms with van der Waals surface area (Å²) in [5.74, 6) is -0.259. The molecule has 0 aliphatic heterocycles. The lowest BCUT2D eigenvalue weighted by Crippen LogP contribution is -2.53. The lowest BCUT2D eigenvalue weighted by Gasteiger charge is -2.28. The van der Waals surface area contributed by atoms with Gasteiger partial charge in [-0.05, 0) is 32.4 Å². The highest BCUT2D eigenvalue weighted by Gasteiger charge is 2.34. The summed E-state index contributed by atoms with van der Waals surface area (Å²) in [4.78, 5) is 12.0. The molecular formula is C14H25N3O2. The molecule has 5 nitrogen and oxygen atoms in total. The monoisotopic (exact) mass is 267 g/mol. The summed E-state index contributed by atoms with van der Waals surface area (Å²) in [6, 6.07) is 2.10. The van der Waals surface area contributed by atoms with Crippen LogP contribution in [0.25, 0.3) is 0 Å². The minimum atomic E-state index is -0.746. The van der Waals surface area contributed by atoms with Crippen molar-refractivity contribution in [2.45, 2.75) is 52.6 Å². The van der Waals surface area contributed by atoms with E-state index in [4.69, 9.17) is 4.74 Å². The number of methoxy groups -OCH3 is 1. The molecule has 0 saturated carbocycles. The van der Waals surface area contributed by atoms with Crippen LogP contribution < -0.4 is 5.32 Å². The van der Waals surface area contributed by atoms with Crippen molar-refractivity contribution in [3.63, 3.8) is 0 Å². The SMILES string of the molecule is CCNC(C)(Cn1nc(CC)cc1CC)C(=O)OC. The predicted octanol–water partition coefficient (Wildman–Crippen LogP) is 1.55. The van der Waals surface area contributed by atoms with Crippen molar-refractivity contribution in [3.05, 3.63) is 17.5 Å². The van der Waals surface area contributed by atoms with E-state index in [0.717, 1.165) is 24.2 Å². The summed E-state index contributed by atoms with van der Waals surface area (Å²) in [6.45, 7) is 9.19. The first-order chi connectivity index (χ1) is 9.00. The number of nitrogens with zero attached hydrogens (tertiary/aromatic N) is 2. The van der Waals surface area contributed by atoms with E-state index in [1.807, 2.05) is 18.5 Å². The molecule has 1 aromatic rings. The fourth-order valence-electron chi connectivity index (χ4n) is 2.22. The number of aromatic nitrogens is 2. The highest BCUT2D eigenvalue weighted by molar-refractivity contribution is 5.80. The third kappa shape index (κ3) is 3.56. The number of hydrogen-bond donors (Lipinski definition) is 1. The average molecular weight is 267 g/mol. The van der Waals surface area contributed by atoms with E-state index >= 15 is 0 Å². The molecule has 1 N–H and O–H groups in total. The van der Waals surface area contributed by atoms with E-state index in [1.54, 1.807) is 0 Å². The highest BCUT2D eigenvalue weighted by Crippen LogP contribution is 2.14. The molecule has 0 spiro atoms. The molecule has 0 saturated heterocycles. The molecule has 5 heteroatoms. The molecule has 0 fully saturated rings. The zero-order valence-electron chi connectivity index (χ0n) is 12.6. The van der Waals surface area contributed by atoms with E-state index in [-0.39, 0.29) is 5.97 Å². The predicted molar refractivity (Wildman–Crippen MR) is 75.1 cm³/mol. The second-order valence-corrected chi connectivity index (χ2v) is 4.85. The van der Waals surface area contributed by atoms with E-state index in [2.05, 4.69) is 30.3 Å². The first-order valence-electron chi connectivity index (χ1n) is 6.89. The van der Waals surface area contributed by atoms with Gasteiger partial charge in [-0.3, -0.25) is 4.68 Å². The number of ether oxygens (including phenoxy) is 1. The Kier molecular flexibility index (Phi) is 5.54. The second kappa shape index (κ2) is 6.70. The molecule has 108 valence electrons. The van der Waals surface area contributed by atoms with Crippen LogP contribution in [0, 0.1) is 0 Å². The van der Waals surface area contributed by atoms with Gasteiger partial charge < -0.3 is 10.1 Å². The summed E-state index contributed by atoms with van der Waals surface area (Å²) in [5.41, 5.74) is 1.45. The van der Waals surface area contributed by atoms with Gasteiger partial charge in [-0.15, -0.1) is 0 Å². The van der Waals surface area contributed by atoms with Gasteiger partial charge in [0.15, 0.2) is 0 Å². The van der Waals surface area contributed by atoms with Crippen molar-refractivity contribution in [2.24, 2.45) is 0 Å². The topological polar surface area (TPSA) is 56.2 Å². The van der Waals surface area contributed by atoms with Crippen LogP contribution in [0.2, 0.25) is 0 Å². The Bertz CT molecular complexity index is 428. The third-order valence-electron chi connectivity index (χ3n) is 3.31. The number of carbonyl (C=O) groups is 1. The lowest BCUT2D eigenvalue weighted by molar-refractivity contribution is -0.148. The van der Waals surface area contributed by atoms with Gasteiger partial charge in [0.1, 0.15) is 5.54 Å². The number of esters is 1. The molecule has 1 heterocycles. The number of carbonyl (C=O) groups excluding carboxylic acids is 1. The maximum absolute atomic E-state index is 12.0. The van der Waals surface area contributed by atoms with Crippen molar-refractivity contribution >= 4 is 5.97 Å². The molecule has 0 aromatic carbocycles. The number of likely N-dealkylation sites (N-methyl/N-ethyl adjacent to an activating group) is 1. The van der Waals surface area contributed by atoms with Crippen LogP contribution in [0.4, 0.5) is 0 Å². The minimum absolute atomic E-state index is 0.259. The van der Waals surface area contributed by atoms with E-state index < -0.39 is 5.54 Å². The minimum Gasteiger partial charge on any atom is -0.468 e. The summed E-state index contributed by atoms with van der Waals surface area (Å²) in [6.07, 6.45) is 1.80. The number of hydrogen-bond acceptors (Lipinski definition) is 4. The molecule has 0 bridgehead atoms. The fourth-order valence-corrected chi connectivity index (χ4v) is 2.22. The van der Waals surface area contributed by atoms with E-state index in [9.17, 15) is 4.79 Å². The Morgan fingerprint density at radius 3 is 2.58 bits per heavy atom. The Hall–Kier alpha value is -1.36. The van der Waals surface area contributed by atoms with Crippen LogP contribution in [0.5, 0.6) is 0 Å². The van der Waals surface area contributed by atoms with Crippen LogP contribution in [0.1, 0.15) is 39.1 Å². The Labute approximate surface area is 115 Å². The van der Waals surface area contributed by atoms with E-state index in [1.165, 1.54) is 7.11 Å². The largest absolute Gasteiger partial charge is 0.468 e. The first kappa shape index (κ1) is 15.7. The summed E-state index contributed by atoms with van der Waals surface area (Å²) in [7, 11) is 1.42. The normalized spacial score (nSPS) is 14.2. The molecule has 1 aromatic heterocycles. The Morgan fingerprint density at radius 1 is 1.42 bits per heavy atom. The molecular weight excluding hydrogens is 242 g/mol. The van der Waals surface area contributed by atoms with Crippen molar-refractivity contribution in [1.82, 2.24) is 15.1 Å². The zero-order valence-corrected chi connectivity index (χ0v) is 12.6. The third-order valence-corrected chi connectivity index (χ3v) is 3.31. The smallest absolute Gasteiger partial charge is 0.327 e. The first-order valence-corrected chi connectivity index (χ1v) is 6.89. The van der Waals surface area contributed by atoms with Crippen LogP contribution >= 0.6 is 0 Å². The average Bonchev–Trinajstić information content (AvgIpc) is 2.79. The molecule has 0 amide bonds. The molecule has 1 atom stereocenters. The van der Waals surface area contributed by atoms with Gasteiger partial charge in [0.05, 0.1) is 19.3 Å². The van der Waals surface area contributed by atoms with Crippen molar-refractivity contribution in [1.29, 1.82) is 0 Å². The highest BCUT2D eigenvalue weighted by atomic mass is 16.5. The standard InChI is InChI=1S/C14H25N3O2/c1-6-11-9-12(7-2)17(16-11)10-14(4,15-8-3)13(18)19-5/h9,15H,6-8,10H2,1-5H3. The fraction of sp³-hybridized carbons (Fsp3) is 0.714. The van der Waals surface area contributed by atoms with Crippen LogP contribution in [0.15, 0.2) is 6.07 Å². The molecule has 1 rings (SSSR count).